The van der Waals surface area contributed by atoms with Crippen LogP contribution in [0.3, 0.4) is 0 Å². The van der Waals surface area contributed by atoms with E-state index < -0.39 is 0 Å². The van der Waals surface area contributed by atoms with Crippen molar-refractivity contribution in [2.45, 2.75) is 33.1 Å². The van der Waals surface area contributed by atoms with Crippen LogP contribution in [0.4, 0.5) is 0 Å². The van der Waals surface area contributed by atoms with Gasteiger partial charge in [0.25, 0.3) is 0 Å². The Morgan fingerprint density at radius 2 is 1.91 bits per heavy atom. The molecule has 4 heteroatoms. The number of rotatable bonds is 3. The Kier molecular flexibility index (Phi) is 3.26. The van der Waals surface area contributed by atoms with Gasteiger partial charge in [-0.2, -0.15) is 0 Å². The maximum Gasteiger partial charge on any atom is 0.143 e. The molecule has 0 spiro atoms. The van der Waals surface area contributed by atoms with E-state index in [2.05, 4.69) is 27.9 Å². The monoisotopic (exact) mass is 308 g/mol. The van der Waals surface area contributed by atoms with E-state index in [4.69, 9.17) is 9.26 Å². The molecule has 0 fully saturated rings. The lowest BCUT2D eigenvalue weighted by Gasteiger charge is -2.13. The second-order valence-electron chi connectivity index (χ2n) is 6.09. The van der Waals surface area contributed by atoms with E-state index in [-0.39, 0.29) is 0 Å². The van der Waals surface area contributed by atoms with Crippen molar-refractivity contribution in [2.24, 2.45) is 0 Å². The van der Waals surface area contributed by atoms with Gasteiger partial charge in [0, 0.05) is 11.4 Å². The lowest BCUT2D eigenvalue weighted by atomic mass is 10.1. The summed E-state index contributed by atoms with van der Waals surface area (Å²) in [6.07, 6.45) is 3.49. The minimum atomic E-state index is 0.869. The van der Waals surface area contributed by atoms with E-state index in [9.17, 15) is 0 Å². The van der Waals surface area contributed by atoms with Crippen molar-refractivity contribution in [1.82, 2.24) is 9.72 Å². The van der Waals surface area contributed by atoms with Gasteiger partial charge in [-0.3, -0.25) is 0 Å². The van der Waals surface area contributed by atoms with Gasteiger partial charge in [-0.15, -0.1) is 0 Å². The number of methoxy groups -OCH3 is 1. The first-order valence-corrected chi connectivity index (χ1v) is 8.00. The minimum absolute atomic E-state index is 0.869. The van der Waals surface area contributed by atoms with E-state index in [1.54, 1.807) is 7.11 Å². The number of hydrogen-bond acceptors (Lipinski definition) is 3. The highest BCUT2D eigenvalue weighted by molar-refractivity contribution is 5.70. The van der Waals surface area contributed by atoms with E-state index in [0.29, 0.717) is 0 Å². The molecule has 0 N–H and O–H groups in total. The number of aromatic nitrogens is 2. The SMILES string of the molecule is COc1ccc(-n2c(-c3c(C)noc3C)cc3c2CCC3)cc1. The van der Waals surface area contributed by atoms with Gasteiger partial charge in [0.1, 0.15) is 11.5 Å². The van der Waals surface area contributed by atoms with Crippen LogP contribution in [0.2, 0.25) is 0 Å². The van der Waals surface area contributed by atoms with Crippen LogP contribution < -0.4 is 4.74 Å². The fourth-order valence-corrected chi connectivity index (χ4v) is 3.60. The molecular formula is C19H20N2O2. The highest BCUT2D eigenvalue weighted by Gasteiger charge is 2.24. The zero-order valence-corrected chi connectivity index (χ0v) is 13.7. The van der Waals surface area contributed by atoms with Gasteiger partial charge in [-0.1, -0.05) is 5.16 Å². The van der Waals surface area contributed by atoms with Gasteiger partial charge in [-0.25, -0.2) is 0 Å². The molecule has 0 radical (unpaired) electrons. The summed E-state index contributed by atoms with van der Waals surface area (Å²) in [5.41, 5.74) is 7.23. The van der Waals surface area contributed by atoms with Gasteiger partial charge in [0.2, 0.25) is 0 Å². The third-order valence-electron chi connectivity index (χ3n) is 4.67. The van der Waals surface area contributed by atoms with Crippen LogP contribution in [0.1, 0.15) is 29.1 Å². The molecule has 3 aromatic rings. The fourth-order valence-electron chi connectivity index (χ4n) is 3.60. The smallest absolute Gasteiger partial charge is 0.143 e. The van der Waals surface area contributed by atoms with Crippen LogP contribution in [-0.2, 0) is 12.8 Å². The lowest BCUT2D eigenvalue weighted by Crippen LogP contribution is -2.02. The van der Waals surface area contributed by atoms with Crippen molar-refractivity contribution in [3.05, 3.63) is 53.0 Å². The Hall–Kier alpha value is -2.49. The van der Waals surface area contributed by atoms with Gasteiger partial charge < -0.3 is 13.8 Å². The molecule has 2 heterocycles. The van der Waals surface area contributed by atoms with Crippen LogP contribution in [0.25, 0.3) is 16.9 Å². The first kappa shape index (κ1) is 14.1. The van der Waals surface area contributed by atoms with Crippen molar-refractivity contribution in [2.75, 3.05) is 7.11 Å². The van der Waals surface area contributed by atoms with E-state index in [0.717, 1.165) is 41.3 Å². The van der Waals surface area contributed by atoms with Crippen LogP contribution in [-0.4, -0.2) is 16.8 Å². The predicted octanol–water partition coefficient (Wildman–Crippen LogP) is 4.25. The Bertz CT molecular complexity index is 837. The molecule has 0 amide bonds. The standard InChI is InChI=1S/C19H20N2O2/c1-12-19(13(2)23-20-12)18-11-14-5-4-6-17(14)21(18)15-7-9-16(22-3)10-8-15/h7-11H,4-6H2,1-3H3. The highest BCUT2D eigenvalue weighted by atomic mass is 16.5. The summed E-state index contributed by atoms with van der Waals surface area (Å²) in [5.74, 6) is 1.74. The molecule has 118 valence electrons. The van der Waals surface area contributed by atoms with Crippen molar-refractivity contribution >= 4 is 0 Å². The molecule has 1 aliphatic rings. The molecule has 0 atom stereocenters. The van der Waals surface area contributed by atoms with Crippen LogP contribution in [0.15, 0.2) is 34.9 Å². The second-order valence-corrected chi connectivity index (χ2v) is 6.09. The van der Waals surface area contributed by atoms with E-state index >= 15 is 0 Å². The van der Waals surface area contributed by atoms with E-state index in [1.165, 1.54) is 23.4 Å². The Balaban J connectivity index is 1.94. The Morgan fingerprint density at radius 1 is 1.13 bits per heavy atom. The third kappa shape index (κ3) is 2.17. The average molecular weight is 308 g/mol. The molecule has 2 aromatic heterocycles. The number of ether oxygens (including phenoxy) is 1. The first-order chi connectivity index (χ1) is 11.2. The highest BCUT2D eigenvalue weighted by Crippen LogP contribution is 2.37. The quantitative estimate of drug-likeness (QED) is 0.726. The topological polar surface area (TPSA) is 40.2 Å². The molecule has 0 bridgehead atoms. The zero-order chi connectivity index (χ0) is 16.0. The Labute approximate surface area is 135 Å². The number of hydrogen-bond donors (Lipinski definition) is 0. The van der Waals surface area contributed by atoms with Gasteiger partial charge in [0.05, 0.1) is 24.1 Å². The van der Waals surface area contributed by atoms with Gasteiger partial charge >= 0.3 is 0 Å². The molecule has 23 heavy (non-hydrogen) atoms. The molecule has 0 unspecified atom stereocenters. The summed E-state index contributed by atoms with van der Waals surface area (Å²) in [4.78, 5) is 0. The Morgan fingerprint density at radius 3 is 2.57 bits per heavy atom. The molecule has 0 aliphatic heterocycles. The average Bonchev–Trinajstić information content (AvgIpc) is 3.22. The number of benzene rings is 1. The number of aryl methyl sites for hydroxylation is 3. The first-order valence-electron chi connectivity index (χ1n) is 8.00. The number of nitrogens with zero attached hydrogens (tertiary/aromatic N) is 2. The van der Waals surface area contributed by atoms with Crippen molar-refractivity contribution in [3.8, 4) is 22.7 Å². The predicted molar refractivity (Wildman–Crippen MR) is 89.3 cm³/mol. The van der Waals surface area contributed by atoms with Crippen LogP contribution >= 0.6 is 0 Å². The third-order valence-corrected chi connectivity index (χ3v) is 4.67. The lowest BCUT2D eigenvalue weighted by molar-refractivity contribution is 0.393. The van der Waals surface area contributed by atoms with Gasteiger partial charge in [-0.05, 0) is 69.0 Å². The molecule has 0 saturated carbocycles. The molecule has 0 saturated heterocycles. The van der Waals surface area contributed by atoms with E-state index in [1.807, 2.05) is 26.0 Å². The molecule has 1 aromatic carbocycles. The number of fused-ring (bicyclic) bond motifs is 1. The molecule has 4 nitrogen and oxygen atoms in total. The summed E-state index contributed by atoms with van der Waals surface area (Å²) in [7, 11) is 1.69. The van der Waals surface area contributed by atoms with Crippen LogP contribution in [0.5, 0.6) is 5.75 Å². The summed E-state index contributed by atoms with van der Waals surface area (Å²) in [6, 6.07) is 10.5. The fraction of sp³-hybridized carbons (Fsp3) is 0.316. The normalized spacial score (nSPS) is 13.3. The molecule has 1 aliphatic carbocycles. The van der Waals surface area contributed by atoms with Crippen molar-refractivity contribution < 1.29 is 9.26 Å². The minimum Gasteiger partial charge on any atom is -0.497 e. The summed E-state index contributed by atoms with van der Waals surface area (Å²) < 4.78 is 13.0. The molecule has 4 rings (SSSR count). The van der Waals surface area contributed by atoms with Crippen LogP contribution in [0, 0.1) is 13.8 Å². The summed E-state index contributed by atoms with van der Waals surface area (Å²) >= 11 is 0. The van der Waals surface area contributed by atoms with Crippen molar-refractivity contribution in [1.29, 1.82) is 0 Å². The largest absolute Gasteiger partial charge is 0.497 e. The summed E-state index contributed by atoms with van der Waals surface area (Å²) in [6.45, 7) is 3.98. The van der Waals surface area contributed by atoms with Crippen molar-refractivity contribution in [3.63, 3.8) is 0 Å². The molecular weight excluding hydrogens is 288 g/mol. The maximum atomic E-state index is 5.39. The van der Waals surface area contributed by atoms with Gasteiger partial charge in [0.15, 0.2) is 0 Å². The summed E-state index contributed by atoms with van der Waals surface area (Å²) in [5, 5.41) is 4.13. The zero-order valence-electron chi connectivity index (χ0n) is 13.7. The second kappa shape index (κ2) is 5.30. The maximum absolute atomic E-state index is 5.39.